The Kier molecular flexibility index (Phi) is 8.34. The quantitative estimate of drug-likeness (QED) is 0.376. The summed E-state index contributed by atoms with van der Waals surface area (Å²) in [6.07, 6.45) is 1.56. The second-order valence-electron chi connectivity index (χ2n) is 1.90. The predicted molar refractivity (Wildman–Crippen MR) is 34.9 cm³/mol. The van der Waals surface area contributed by atoms with Crippen molar-refractivity contribution < 1.29 is 47.0 Å². The number of likely N-dealkylation sites (N-methyl/N-ethyl adjacent to an activating group) is 1. The van der Waals surface area contributed by atoms with Crippen molar-refractivity contribution in [3.05, 3.63) is 0 Å². The topological polar surface area (TPSA) is 46.6 Å². The van der Waals surface area contributed by atoms with Crippen LogP contribution in [0.5, 0.6) is 0 Å². The Balaban J connectivity index is 0. The minimum Gasteiger partial charge on any atom is -0.520 e. The molecule has 1 radical (unpaired) electrons. The van der Waals surface area contributed by atoms with E-state index in [4.69, 9.17) is 0 Å². The zero-order valence-corrected chi connectivity index (χ0v) is 9.66. The first-order valence-electron chi connectivity index (χ1n) is 2.82. The van der Waals surface area contributed by atoms with Crippen LogP contribution in [0.3, 0.4) is 0 Å². The van der Waals surface area contributed by atoms with Crippen molar-refractivity contribution in [2.45, 2.75) is 13.0 Å². The molecule has 0 aromatic rings. The summed E-state index contributed by atoms with van der Waals surface area (Å²) >= 11 is 0. The van der Waals surface area contributed by atoms with Gasteiger partial charge in [-0.3, -0.25) is 0 Å². The zero-order chi connectivity index (χ0) is 8.15. The second-order valence-corrected chi connectivity index (χ2v) is 1.90. The molecule has 0 aliphatic rings. The summed E-state index contributed by atoms with van der Waals surface area (Å²) in [4.78, 5) is 21.7. The predicted octanol–water partition coefficient (Wildman–Crippen LogP) is -0.456. The maximum Gasteiger partial charge on any atom is 0.325 e. The Morgan fingerprint density at radius 3 is 2.36 bits per heavy atom. The van der Waals surface area contributed by atoms with E-state index in [-0.39, 0.29) is 32.7 Å². The van der Waals surface area contributed by atoms with E-state index < -0.39 is 12.0 Å². The molecule has 0 aliphatic heterocycles. The maximum absolute atomic E-state index is 10.7. The molecule has 0 aromatic carbocycles. The van der Waals surface area contributed by atoms with Crippen LogP contribution in [0.25, 0.3) is 0 Å². The van der Waals surface area contributed by atoms with Gasteiger partial charge in [0.2, 0.25) is 0 Å². The molecule has 5 heteroatoms. The first-order valence-corrected chi connectivity index (χ1v) is 2.82. The van der Waals surface area contributed by atoms with Gasteiger partial charge in [0.1, 0.15) is 0 Å². The van der Waals surface area contributed by atoms with Gasteiger partial charge in [0.25, 0.3) is 0 Å². The molecule has 0 aromatic heterocycles. The summed E-state index contributed by atoms with van der Waals surface area (Å²) in [6.45, 7) is 1.57. The van der Waals surface area contributed by atoms with Crippen molar-refractivity contribution in [3.8, 4) is 0 Å². The van der Waals surface area contributed by atoms with Gasteiger partial charge in [-0.05, 0) is 14.0 Å². The number of methoxy groups -OCH3 is 1. The first kappa shape index (κ1) is 13.6. The van der Waals surface area contributed by atoms with Crippen LogP contribution in [-0.2, 0) is 47.0 Å². The summed E-state index contributed by atoms with van der Waals surface area (Å²) < 4.78 is 4.38. The maximum atomic E-state index is 10.7. The molecule has 0 saturated heterocycles. The fourth-order valence-corrected chi connectivity index (χ4v) is 0.408. The van der Waals surface area contributed by atoms with Crippen LogP contribution in [0, 0.1) is 0 Å². The van der Waals surface area contributed by atoms with Crippen LogP contribution >= 0.6 is 0 Å². The van der Waals surface area contributed by atoms with Crippen LogP contribution in [0.15, 0.2) is 0 Å². The molecule has 0 aliphatic carbocycles. The molecular formula is C6H10NO3Y-. The minimum atomic E-state index is -0.553. The summed E-state index contributed by atoms with van der Waals surface area (Å²) in [6, 6.07) is -0.553. The molecule has 1 atom stereocenters. The zero-order valence-electron chi connectivity index (χ0n) is 6.83. The first-order chi connectivity index (χ1) is 4.63. The fraction of sp³-hybridized carbons (Fsp3) is 0.667. The molecule has 0 rings (SSSR count). The Morgan fingerprint density at radius 2 is 2.09 bits per heavy atom. The number of rotatable bonds is 3. The van der Waals surface area contributed by atoms with Gasteiger partial charge >= 0.3 is 5.97 Å². The van der Waals surface area contributed by atoms with E-state index in [1.165, 1.54) is 14.2 Å². The van der Waals surface area contributed by atoms with Gasteiger partial charge in [-0.15, -0.1) is 0 Å². The molecule has 0 N–H and O–H groups in total. The van der Waals surface area contributed by atoms with Crippen LogP contribution in [0.1, 0.15) is 6.92 Å². The molecule has 0 spiro atoms. The molecule has 0 fully saturated rings. The number of carbonyl (C=O) groups excluding carboxylic acids is 2. The number of nitrogens with zero attached hydrogens (tertiary/aromatic N) is 1. The second kappa shape index (κ2) is 6.74. The average molecular weight is 233 g/mol. The van der Waals surface area contributed by atoms with Crippen molar-refractivity contribution in [2.24, 2.45) is 0 Å². The minimum absolute atomic E-state index is 0. The van der Waals surface area contributed by atoms with Crippen LogP contribution < -0.4 is 0 Å². The Morgan fingerprint density at radius 1 is 1.64 bits per heavy atom. The summed E-state index contributed by atoms with van der Waals surface area (Å²) in [7, 11) is 2.74. The summed E-state index contributed by atoms with van der Waals surface area (Å²) in [5, 5.41) is 0. The molecule has 0 bridgehead atoms. The van der Waals surface area contributed by atoms with E-state index in [0.717, 1.165) is 4.90 Å². The Hall–Kier alpha value is 0.0439. The van der Waals surface area contributed by atoms with Gasteiger partial charge in [0.15, 0.2) is 0 Å². The summed E-state index contributed by atoms with van der Waals surface area (Å²) in [5.41, 5.74) is 0. The molecule has 0 saturated carbocycles. The third-order valence-electron chi connectivity index (χ3n) is 1.27. The van der Waals surface area contributed by atoms with E-state index in [1.807, 2.05) is 0 Å². The Bertz CT molecular complexity index is 140. The van der Waals surface area contributed by atoms with E-state index >= 15 is 0 Å². The van der Waals surface area contributed by atoms with Gasteiger partial charge in [-0.2, -0.15) is 6.41 Å². The number of amides is 1. The molecule has 61 valence electrons. The standard InChI is InChI=1S/C6H10NO3.Y/c1-5(6(9)10-3)7(2)4-8;/h5H,1-3H3;/q-1;/t5-;/m1./s1. The van der Waals surface area contributed by atoms with Crippen molar-refractivity contribution >= 4 is 12.4 Å². The van der Waals surface area contributed by atoms with Gasteiger partial charge in [0.05, 0.1) is 13.2 Å². The molecule has 4 nitrogen and oxygen atoms in total. The van der Waals surface area contributed by atoms with E-state index in [1.54, 1.807) is 13.3 Å². The van der Waals surface area contributed by atoms with E-state index in [0.29, 0.717) is 0 Å². The van der Waals surface area contributed by atoms with Crippen molar-refractivity contribution in [1.29, 1.82) is 0 Å². The smallest absolute Gasteiger partial charge is 0.325 e. The third kappa shape index (κ3) is 4.48. The molecular weight excluding hydrogens is 223 g/mol. The number of esters is 1. The van der Waals surface area contributed by atoms with E-state index in [2.05, 4.69) is 4.74 Å². The Labute approximate surface area is 91.1 Å². The van der Waals surface area contributed by atoms with Gasteiger partial charge < -0.3 is 14.4 Å². The normalized spacial score (nSPS) is 10.8. The van der Waals surface area contributed by atoms with Gasteiger partial charge in [0, 0.05) is 32.7 Å². The average Bonchev–Trinajstić information content (AvgIpc) is 2.00. The monoisotopic (exact) mass is 233 g/mol. The largest absolute Gasteiger partial charge is 0.520 e. The molecule has 0 heterocycles. The van der Waals surface area contributed by atoms with Crippen molar-refractivity contribution in [1.82, 2.24) is 4.90 Å². The van der Waals surface area contributed by atoms with Crippen molar-refractivity contribution in [2.75, 3.05) is 14.2 Å². The number of ether oxygens (including phenoxy) is 1. The van der Waals surface area contributed by atoms with Crippen LogP contribution in [-0.4, -0.2) is 37.5 Å². The van der Waals surface area contributed by atoms with Crippen LogP contribution in [0.4, 0.5) is 0 Å². The SMILES string of the molecule is COC(=O)[C@@H](C)N(C)[C-]=O.[Y]. The summed E-state index contributed by atoms with van der Waals surface area (Å²) in [5.74, 6) is -0.439. The third-order valence-corrected chi connectivity index (χ3v) is 1.27. The molecule has 1 amide bonds. The van der Waals surface area contributed by atoms with Crippen molar-refractivity contribution in [3.63, 3.8) is 0 Å². The van der Waals surface area contributed by atoms with E-state index in [9.17, 15) is 9.59 Å². The number of hydrogen-bond acceptors (Lipinski definition) is 3. The van der Waals surface area contributed by atoms with Crippen LogP contribution in [0.2, 0.25) is 0 Å². The number of carbonyl (C=O) groups is 1. The number of hydrogen-bond donors (Lipinski definition) is 0. The van der Waals surface area contributed by atoms with Gasteiger partial charge in [-0.25, -0.2) is 4.79 Å². The molecule has 11 heavy (non-hydrogen) atoms. The fourth-order valence-electron chi connectivity index (χ4n) is 0.408. The van der Waals surface area contributed by atoms with Gasteiger partial charge in [-0.1, -0.05) is 0 Å². The molecule has 0 unspecified atom stereocenters.